The van der Waals surface area contributed by atoms with Gasteiger partial charge in [-0.15, -0.1) is 5.10 Å². The maximum Gasteiger partial charge on any atom is 0.237 e. The Balaban J connectivity index is 1.76. The van der Waals surface area contributed by atoms with Gasteiger partial charge in [0.15, 0.2) is 0 Å². The molecule has 1 amide bonds. The van der Waals surface area contributed by atoms with Gasteiger partial charge in [-0.3, -0.25) is 4.79 Å². The average molecular weight is 398 g/mol. The number of carbonyl (C=O) groups is 1. The summed E-state index contributed by atoms with van der Waals surface area (Å²) in [6, 6.07) is 11.7. The summed E-state index contributed by atoms with van der Waals surface area (Å²) in [6.45, 7) is 7.88. The molecule has 0 unspecified atom stereocenters. The van der Waals surface area contributed by atoms with Crippen LogP contribution < -0.4 is 10.1 Å². The Morgan fingerprint density at radius 1 is 1.14 bits per heavy atom. The van der Waals surface area contributed by atoms with Crippen molar-refractivity contribution in [3.8, 4) is 11.4 Å². The quantitative estimate of drug-likeness (QED) is 0.639. The summed E-state index contributed by atoms with van der Waals surface area (Å²) in [6.07, 6.45) is 0. The number of amides is 1. The number of aryl methyl sites for hydroxylation is 3. The van der Waals surface area contributed by atoms with Gasteiger partial charge in [0, 0.05) is 0 Å². The topological polar surface area (TPSA) is 81.9 Å². The Labute approximate surface area is 168 Å². The third-order valence-corrected chi connectivity index (χ3v) is 5.47. The van der Waals surface area contributed by atoms with E-state index in [2.05, 4.69) is 27.8 Å². The second kappa shape index (κ2) is 8.43. The van der Waals surface area contributed by atoms with Gasteiger partial charge in [0.25, 0.3) is 0 Å². The number of anilines is 1. The Bertz CT molecular complexity index is 1000. The number of nitrogens with one attached hydrogen (secondary N) is 1. The Morgan fingerprint density at radius 3 is 2.64 bits per heavy atom. The summed E-state index contributed by atoms with van der Waals surface area (Å²) in [4.78, 5) is 12.7. The minimum Gasteiger partial charge on any atom is -0.495 e. The summed E-state index contributed by atoms with van der Waals surface area (Å²) in [7, 11) is 1.58. The molecule has 0 bridgehead atoms. The molecule has 146 valence electrons. The fourth-order valence-corrected chi connectivity index (χ4v) is 3.44. The zero-order valence-corrected chi connectivity index (χ0v) is 17.4. The van der Waals surface area contributed by atoms with Gasteiger partial charge in [0.2, 0.25) is 11.1 Å². The number of rotatable bonds is 6. The second-order valence-corrected chi connectivity index (χ2v) is 7.90. The number of hydrogen-bond acceptors (Lipinski definition) is 6. The van der Waals surface area contributed by atoms with E-state index >= 15 is 0 Å². The van der Waals surface area contributed by atoms with Crippen molar-refractivity contribution in [1.82, 2.24) is 20.2 Å². The molecule has 0 aliphatic rings. The first kappa shape index (κ1) is 19.9. The third kappa shape index (κ3) is 4.33. The summed E-state index contributed by atoms with van der Waals surface area (Å²) in [5.74, 6) is 0.472. The van der Waals surface area contributed by atoms with E-state index < -0.39 is 5.25 Å². The molecule has 0 aliphatic carbocycles. The molecule has 2 aromatic carbocycles. The van der Waals surface area contributed by atoms with Gasteiger partial charge in [-0.25, -0.2) is 0 Å². The van der Waals surface area contributed by atoms with E-state index in [0.29, 0.717) is 16.6 Å². The number of methoxy groups -OCH3 is 1. The summed E-state index contributed by atoms with van der Waals surface area (Å²) < 4.78 is 6.97. The molecule has 7 nitrogen and oxygen atoms in total. The van der Waals surface area contributed by atoms with E-state index in [1.54, 1.807) is 11.8 Å². The van der Waals surface area contributed by atoms with Crippen LogP contribution in [0.25, 0.3) is 5.69 Å². The number of aromatic nitrogens is 4. The van der Waals surface area contributed by atoms with E-state index in [1.165, 1.54) is 17.3 Å². The van der Waals surface area contributed by atoms with Crippen molar-refractivity contribution in [3.05, 3.63) is 53.1 Å². The fraction of sp³-hybridized carbons (Fsp3) is 0.300. The molecule has 0 fully saturated rings. The van der Waals surface area contributed by atoms with Crippen molar-refractivity contribution in [2.24, 2.45) is 0 Å². The van der Waals surface area contributed by atoms with Crippen LogP contribution in [-0.2, 0) is 4.79 Å². The molecule has 1 heterocycles. The number of nitrogens with zero attached hydrogens (tertiary/aromatic N) is 4. The van der Waals surface area contributed by atoms with E-state index in [1.807, 2.05) is 57.2 Å². The molecule has 0 spiro atoms. The molecule has 0 saturated heterocycles. The van der Waals surface area contributed by atoms with Crippen molar-refractivity contribution in [1.29, 1.82) is 0 Å². The number of benzene rings is 2. The maximum absolute atomic E-state index is 12.7. The molecule has 8 heteroatoms. The number of hydrogen-bond donors (Lipinski definition) is 1. The minimum absolute atomic E-state index is 0.150. The zero-order valence-electron chi connectivity index (χ0n) is 16.6. The molecule has 28 heavy (non-hydrogen) atoms. The van der Waals surface area contributed by atoms with Crippen LogP contribution in [0.2, 0.25) is 0 Å². The van der Waals surface area contributed by atoms with Gasteiger partial charge in [-0.1, -0.05) is 23.9 Å². The lowest BCUT2D eigenvalue weighted by atomic mass is 10.1. The molecular formula is C20H23N5O2S. The zero-order chi connectivity index (χ0) is 20.3. The van der Waals surface area contributed by atoms with Gasteiger partial charge in [0.05, 0.1) is 23.7 Å². The monoisotopic (exact) mass is 397 g/mol. The Kier molecular flexibility index (Phi) is 5.99. The second-order valence-electron chi connectivity index (χ2n) is 6.59. The van der Waals surface area contributed by atoms with Crippen molar-refractivity contribution < 1.29 is 9.53 Å². The molecule has 0 saturated carbocycles. The predicted octanol–water partition coefficient (Wildman–Crippen LogP) is 3.72. The lowest BCUT2D eigenvalue weighted by molar-refractivity contribution is -0.115. The highest BCUT2D eigenvalue weighted by Gasteiger charge is 2.20. The molecule has 1 atom stereocenters. The minimum atomic E-state index is -0.401. The number of tetrazole rings is 1. The smallest absolute Gasteiger partial charge is 0.237 e. The van der Waals surface area contributed by atoms with Gasteiger partial charge < -0.3 is 10.1 Å². The molecule has 0 aliphatic heterocycles. The first-order chi connectivity index (χ1) is 13.4. The van der Waals surface area contributed by atoms with Gasteiger partial charge in [-0.05, 0) is 79.1 Å². The lowest BCUT2D eigenvalue weighted by Gasteiger charge is -2.14. The SMILES string of the molecule is COc1ccc(C)cc1NC(=O)[C@H](C)Sc1nnnn1-c1ccc(C)c(C)c1. The van der Waals surface area contributed by atoms with Crippen LogP contribution in [0.5, 0.6) is 5.75 Å². The lowest BCUT2D eigenvalue weighted by Crippen LogP contribution is -2.23. The van der Waals surface area contributed by atoms with Crippen molar-refractivity contribution in [3.63, 3.8) is 0 Å². The van der Waals surface area contributed by atoms with E-state index in [9.17, 15) is 4.79 Å². The summed E-state index contributed by atoms with van der Waals surface area (Å²) in [5.41, 5.74) is 4.90. The third-order valence-electron chi connectivity index (χ3n) is 4.44. The normalized spacial score (nSPS) is 11.9. The van der Waals surface area contributed by atoms with Crippen LogP contribution in [0, 0.1) is 20.8 Å². The first-order valence-corrected chi connectivity index (χ1v) is 9.75. The molecule has 0 radical (unpaired) electrons. The Morgan fingerprint density at radius 2 is 1.93 bits per heavy atom. The first-order valence-electron chi connectivity index (χ1n) is 8.87. The van der Waals surface area contributed by atoms with E-state index in [0.717, 1.165) is 16.8 Å². The van der Waals surface area contributed by atoms with Crippen molar-refractivity contribution in [2.75, 3.05) is 12.4 Å². The van der Waals surface area contributed by atoms with Gasteiger partial charge in [-0.2, -0.15) is 4.68 Å². The molecule has 3 rings (SSSR count). The van der Waals surface area contributed by atoms with E-state index in [-0.39, 0.29) is 5.91 Å². The fourth-order valence-electron chi connectivity index (χ4n) is 2.64. The van der Waals surface area contributed by atoms with Crippen LogP contribution in [0.1, 0.15) is 23.6 Å². The number of carbonyl (C=O) groups excluding carboxylic acids is 1. The number of ether oxygens (including phenoxy) is 1. The largest absolute Gasteiger partial charge is 0.495 e. The van der Waals surface area contributed by atoms with Crippen LogP contribution in [0.15, 0.2) is 41.6 Å². The standard InChI is InChI=1S/C20H23N5O2S/c1-12-6-9-18(27-5)17(10-12)21-19(26)15(4)28-20-22-23-24-25(20)16-8-7-13(2)14(3)11-16/h6-11,15H,1-5H3,(H,21,26)/t15-/m0/s1. The Hall–Kier alpha value is -2.87. The molecule has 1 aromatic heterocycles. The predicted molar refractivity (Wildman–Crippen MR) is 110 cm³/mol. The highest BCUT2D eigenvalue weighted by molar-refractivity contribution is 8.00. The molecule has 1 N–H and O–H groups in total. The highest BCUT2D eigenvalue weighted by Crippen LogP contribution is 2.28. The average Bonchev–Trinajstić information content (AvgIpc) is 3.12. The van der Waals surface area contributed by atoms with Crippen LogP contribution >= 0.6 is 11.8 Å². The van der Waals surface area contributed by atoms with Crippen molar-refractivity contribution in [2.45, 2.75) is 38.1 Å². The highest BCUT2D eigenvalue weighted by atomic mass is 32.2. The van der Waals surface area contributed by atoms with Crippen LogP contribution in [0.3, 0.4) is 0 Å². The van der Waals surface area contributed by atoms with Crippen LogP contribution in [0.4, 0.5) is 5.69 Å². The van der Waals surface area contributed by atoms with Crippen LogP contribution in [-0.4, -0.2) is 38.5 Å². The number of thioether (sulfide) groups is 1. The summed E-state index contributed by atoms with van der Waals surface area (Å²) in [5, 5.41) is 15.0. The summed E-state index contributed by atoms with van der Waals surface area (Å²) >= 11 is 1.30. The van der Waals surface area contributed by atoms with Gasteiger partial charge >= 0.3 is 0 Å². The maximum atomic E-state index is 12.7. The molecule has 3 aromatic rings. The molecular weight excluding hydrogens is 374 g/mol. The van der Waals surface area contributed by atoms with E-state index in [4.69, 9.17) is 4.74 Å². The van der Waals surface area contributed by atoms with Crippen molar-refractivity contribution >= 4 is 23.4 Å². The van der Waals surface area contributed by atoms with Gasteiger partial charge in [0.1, 0.15) is 5.75 Å².